The Balaban J connectivity index is 1.29. The van der Waals surface area contributed by atoms with Gasteiger partial charge in [0.25, 0.3) is 0 Å². The number of rotatable bonds is 2. The molecule has 0 unspecified atom stereocenters. The van der Waals surface area contributed by atoms with E-state index < -0.39 is 0 Å². The van der Waals surface area contributed by atoms with Crippen LogP contribution >= 0.6 is 0 Å². The second-order valence-electron chi connectivity index (χ2n) is 7.40. The highest BCUT2D eigenvalue weighted by atomic mass is 16.6. The van der Waals surface area contributed by atoms with Crippen molar-refractivity contribution in [2.75, 3.05) is 39.4 Å². The Labute approximate surface area is 143 Å². The fourth-order valence-electron chi connectivity index (χ4n) is 4.38. The molecule has 1 aromatic carbocycles. The lowest BCUT2D eigenvalue weighted by Gasteiger charge is -2.55. The van der Waals surface area contributed by atoms with Gasteiger partial charge in [-0.15, -0.1) is 0 Å². The maximum Gasteiger partial charge on any atom is 0.409 e. The highest BCUT2D eigenvalue weighted by Gasteiger charge is 2.48. The molecule has 5 nitrogen and oxygen atoms in total. The number of hydrogen-bond acceptors (Lipinski definition) is 4. The Kier molecular flexibility index (Phi) is 4.12. The first-order valence-electron chi connectivity index (χ1n) is 9.06. The number of hydrogen-bond donors (Lipinski definition) is 0. The molecule has 5 heteroatoms. The first-order valence-corrected chi connectivity index (χ1v) is 9.06. The third kappa shape index (κ3) is 2.86. The Morgan fingerprint density at radius 1 is 1.29 bits per heavy atom. The molecular formula is C19H26N2O3. The Hall–Kier alpha value is -1.75. The number of para-hydroxylation sites is 1. The van der Waals surface area contributed by atoms with Crippen LogP contribution < -0.4 is 4.74 Å². The van der Waals surface area contributed by atoms with E-state index in [2.05, 4.69) is 23.1 Å². The van der Waals surface area contributed by atoms with E-state index in [1.165, 1.54) is 5.56 Å². The number of amides is 1. The standard InChI is InChI=1S/C19H26N2O3/c1-2-23-18(22)20-9-7-16(8-10-20)21-12-19(13-21)11-15-5-3-4-6-17(15)24-14-19/h3-6,16H,2,7-14H2,1H3. The van der Waals surface area contributed by atoms with Gasteiger partial charge in [0, 0.05) is 37.6 Å². The summed E-state index contributed by atoms with van der Waals surface area (Å²) in [4.78, 5) is 16.2. The zero-order chi connectivity index (χ0) is 16.6. The van der Waals surface area contributed by atoms with E-state index in [9.17, 15) is 4.79 Å². The minimum atomic E-state index is -0.159. The van der Waals surface area contributed by atoms with E-state index >= 15 is 0 Å². The lowest BCUT2D eigenvalue weighted by molar-refractivity contribution is -0.0769. The van der Waals surface area contributed by atoms with Crippen molar-refractivity contribution in [2.24, 2.45) is 5.41 Å². The first kappa shape index (κ1) is 15.8. The highest BCUT2D eigenvalue weighted by molar-refractivity contribution is 5.67. The normalized spacial score (nSPS) is 23.3. The molecule has 3 aliphatic heterocycles. The van der Waals surface area contributed by atoms with Gasteiger partial charge in [-0.3, -0.25) is 4.90 Å². The van der Waals surface area contributed by atoms with Crippen molar-refractivity contribution in [3.63, 3.8) is 0 Å². The zero-order valence-electron chi connectivity index (χ0n) is 14.4. The average Bonchev–Trinajstić information content (AvgIpc) is 2.59. The van der Waals surface area contributed by atoms with Crippen LogP contribution in [0, 0.1) is 5.41 Å². The predicted molar refractivity (Wildman–Crippen MR) is 91.3 cm³/mol. The van der Waals surface area contributed by atoms with E-state index in [1.54, 1.807) is 0 Å². The third-order valence-corrected chi connectivity index (χ3v) is 5.66. The fourth-order valence-corrected chi connectivity index (χ4v) is 4.38. The van der Waals surface area contributed by atoms with Gasteiger partial charge < -0.3 is 14.4 Å². The van der Waals surface area contributed by atoms with Gasteiger partial charge in [-0.05, 0) is 37.8 Å². The van der Waals surface area contributed by atoms with Crippen molar-refractivity contribution in [3.8, 4) is 5.75 Å². The molecule has 3 aliphatic rings. The average molecular weight is 330 g/mol. The molecule has 0 saturated carbocycles. The van der Waals surface area contributed by atoms with Crippen molar-refractivity contribution < 1.29 is 14.3 Å². The summed E-state index contributed by atoms with van der Waals surface area (Å²) in [7, 11) is 0. The van der Waals surface area contributed by atoms with E-state index in [1.807, 2.05) is 17.9 Å². The summed E-state index contributed by atoms with van der Waals surface area (Å²) in [5.74, 6) is 1.06. The molecule has 0 radical (unpaired) electrons. The number of carbonyl (C=O) groups excluding carboxylic acids is 1. The van der Waals surface area contributed by atoms with Gasteiger partial charge in [0.1, 0.15) is 5.75 Å². The first-order chi connectivity index (χ1) is 11.7. The minimum absolute atomic E-state index is 0.159. The Morgan fingerprint density at radius 3 is 2.79 bits per heavy atom. The minimum Gasteiger partial charge on any atom is -0.493 e. The van der Waals surface area contributed by atoms with Crippen molar-refractivity contribution in [2.45, 2.75) is 32.2 Å². The second-order valence-corrected chi connectivity index (χ2v) is 7.40. The molecule has 0 aliphatic carbocycles. The van der Waals surface area contributed by atoms with Gasteiger partial charge in [0.15, 0.2) is 0 Å². The number of nitrogens with zero attached hydrogens (tertiary/aromatic N) is 2. The molecule has 24 heavy (non-hydrogen) atoms. The van der Waals surface area contributed by atoms with Gasteiger partial charge in [0.2, 0.25) is 0 Å². The lowest BCUT2D eigenvalue weighted by atomic mass is 9.72. The summed E-state index contributed by atoms with van der Waals surface area (Å²) >= 11 is 0. The van der Waals surface area contributed by atoms with E-state index in [0.717, 1.165) is 57.8 Å². The quantitative estimate of drug-likeness (QED) is 0.836. The lowest BCUT2D eigenvalue weighted by Crippen LogP contribution is -2.65. The van der Waals surface area contributed by atoms with Crippen LogP contribution in [-0.4, -0.2) is 61.3 Å². The largest absolute Gasteiger partial charge is 0.493 e. The van der Waals surface area contributed by atoms with Gasteiger partial charge in [-0.2, -0.15) is 0 Å². The van der Waals surface area contributed by atoms with Gasteiger partial charge in [-0.25, -0.2) is 4.79 Å². The van der Waals surface area contributed by atoms with Crippen molar-refractivity contribution in [1.82, 2.24) is 9.80 Å². The molecule has 0 atom stereocenters. The third-order valence-electron chi connectivity index (χ3n) is 5.66. The monoisotopic (exact) mass is 330 g/mol. The smallest absolute Gasteiger partial charge is 0.409 e. The number of piperidine rings is 1. The number of fused-ring (bicyclic) bond motifs is 1. The molecule has 1 aromatic rings. The number of likely N-dealkylation sites (tertiary alicyclic amines) is 2. The maximum absolute atomic E-state index is 11.8. The molecule has 2 saturated heterocycles. The van der Waals surface area contributed by atoms with Crippen molar-refractivity contribution >= 4 is 6.09 Å². The highest BCUT2D eigenvalue weighted by Crippen LogP contribution is 2.42. The van der Waals surface area contributed by atoms with Crippen LogP contribution in [0.1, 0.15) is 25.3 Å². The Bertz CT molecular complexity index is 604. The number of ether oxygens (including phenoxy) is 2. The number of benzene rings is 1. The van der Waals surface area contributed by atoms with E-state index in [-0.39, 0.29) is 6.09 Å². The van der Waals surface area contributed by atoms with Crippen LogP contribution in [0.3, 0.4) is 0 Å². The molecular weight excluding hydrogens is 304 g/mol. The van der Waals surface area contributed by atoms with Crippen LogP contribution in [0.2, 0.25) is 0 Å². The van der Waals surface area contributed by atoms with Gasteiger partial charge >= 0.3 is 6.09 Å². The van der Waals surface area contributed by atoms with E-state index in [0.29, 0.717) is 18.1 Å². The topological polar surface area (TPSA) is 42.0 Å². The van der Waals surface area contributed by atoms with Crippen molar-refractivity contribution in [3.05, 3.63) is 29.8 Å². The van der Waals surface area contributed by atoms with Gasteiger partial charge in [-0.1, -0.05) is 18.2 Å². The molecule has 1 amide bonds. The second kappa shape index (κ2) is 6.28. The molecule has 2 fully saturated rings. The molecule has 3 heterocycles. The molecule has 1 spiro atoms. The summed E-state index contributed by atoms with van der Waals surface area (Å²) in [6, 6.07) is 9.00. The SMILES string of the molecule is CCOC(=O)N1CCC(N2CC3(COc4ccccc4C3)C2)CC1. The van der Waals surface area contributed by atoms with Crippen LogP contribution in [0.5, 0.6) is 5.75 Å². The molecule has 4 rings (SSSR count). The van der Waals surface area contributed by atoms with Crippen LogP contribution in [-0.2, 0) is 11.2 Å². The maximum atomic E-state index is 11.8. The summed E-state index contributed by atoms with van der Waals surface area (Å²) in [5.41, 5.74) is 1.65. The molecule has 0 N–H and O–H groups in total. The molecule has 0 aromatic heterocycles. The Morgan fingerprint density at radius 2 is 2.04 bits per heavy atom. The van der Waals surface area contributed by atoms with Crippen LogP contribution in [0.4, 0.5) is 4.79 Å². The summed E-state index contributed by atoms with van der Waals surface area (Å²) in [6.07, 6.45) is 3.06. The zero-order valence-corrected chi connectivity index (χ0v) is 14.4. The molecule has 0 bridgehead atoms. The van der Waals surface area contributed by atoms with Crippen LogP contribution in [0.25, 0.3) is 0 Å². The summed E-state index contributed by atoms with van der Waals surface area (Å²) in [6.45, 7) is 7.00. The summed E-state index contributed by atoms with van der Waals surface area (Å²) < 4.78 is 11.1. The number of carbonyl (C=O) groups is 1. The van der Waals surface area contributed by atoms with E-state index in [4.69, 9.17) is 9.47 Å². The predicted octanol–water partition coefficient (Wildman–Crippen LogP) is 2.54. The van der Waals surface area contributed by atoms with Gasteiger partial charge in [0.05, 0.1) is 13.2 Å². The molecule has 130 valence electrons. The van der Waals surface area contributed by atoms with Crippen LogP contribution in [0.15, 0.2) is 24.3 Å². The fraction of sp³-hybridized carbons (Fsp3) is 0.632. The van der Waals surface area contributed by atoms with Crippen molar-refractivity contribution in [1.29, 1.82) is 0 Å². The summed E-state index contributed by atoms with van der Waals surface area (Å²) in [5, 5.41) is 0.